The fraction of sp³-hybridized carbons (Fsp3) is 0.312. The van der Waals surface area contributed by atoms with Crippen molar-refractivity contribution in [1.82, 2.24) is 4.98 Å². The number of pyridine rings is 1. The second-order valence-corrected chi connectivity index (χ2v) is 4.59. The van der Waals surface area contributed by atoms with E-state index in [1.54, 1.807) is 7.11 Å². The van der Waals surface area contributed by atoms with Crippen LogP contribution in [-0.2, 0) is 6.54 Å². The maximum absolute atomic E-state index is 5.65. The SMILES string of the molecule is COc1ccccc1N(CCCN)Cc1ccncc1. The molecule has 1 heterocycles. The number of rotatable bonds is 7. The normalized spacial score (nSPS) is 10.3. The maximum atomic E-state index is 5.65. The highest BCUT2D eigenvalue weighted by Gasteiger charge is 2.11. The van der Waals surface area contributed by atoms with E-state index in [4.69, 9.17) is 10.5 Å². The molecule has 20 heavy (non-hydrogen) atoms. The fourth-order valence-electron chi connectivity index (χ4n) is 2.17. The third-order valence-corrected chi connectivity index (χ3v) is 3.18. The number of para-hydroxylation sites is 2. The molecular weight excluding hydrogens is 250 g/mol. The molecule has 0 saturated carbocycles. The van der Waals surface area contributed by atoms with Crippen molar-refractivity contribution in [2.75, 3.05) is 25.1 Å². The molecule has 106 valence electrons. The molecule has 4 heteroatoms. The summed E-state index contributed by atoms with van der Waals surface area (Å²) in [6, 6.07) is 12.1. The molecule has 0 saturated heterocycles. The van der Waals surface area contributed by atoms with Crippen molar-refractivity contribution < 1.29 is 4.74 Å². The topological polar surface area (TPSA) is 51.4 Å². The lowest BCUT2D eigenvalue weighted by atomic mass is 10.2. The third kappa shape index (κ3) is 3.71. The second kappa shape index (κ2) is 7.50. The first-order valence-corrected chi connectivity index (χ1v) is 6.82. The van der Waals surface area contributed by atoms with Crippen LogP contribution in [0.5, 0.6) is 5.75 Å². The van der Waals surface area contributed by atoms with Crippen LogP contribution in [0.15, 0.2) is 48.8 Å². The maximum Gasteiger partial charge on any atom is 0.142 e. The summed E-state index contributed by atoms with van der Waals surface area (Å²) in [5.41, 5.74) is 7.97. The van der Waals surface area contributed by atoms with Crippen LogP contribution in [0.1, 0.15) is 12.0 Å². The van der Waals surface area contributed by atoms with E-state index in [0.717, 1.165) is 30.9 Å². The summed E-state index contributed by atoms with van der Waals surface area (Å²) in [4.78, 5) is 6.35. The Kier molecular flexibility index (Phi) is 5.38. The molecule has 0 aliphatic carbocycles. The van der Waals surface area contributed by atoms with Crippen LogP contribution in [0, 0.1) is 0 Å². The molecule has 0 unspecified atom stereocenters. The van der Waals surface area contributed by atoms with Crippen LogP contribution in [0.3, 0.4) is 0 Å². The molecule has 1 aromatic carbocycles. The number of nitrogens with zero attached hydrogens (tertiary/aromatic N) is 2. The zero-order valence-electron chi connectivity index (χ0n) is 11.8. The number of ether oxygens (including phenoxy) is 1. The Labute approximate surface area is 120 Å². The molecule has 0 aliphatic heterocycles. The average Bonchev–Trinajstić information content (AvgIpc) is 2.52. The average molecular weight is 271 g/mol. The van der Waals surface area contributed by atoms with Gasteiger partial charge in [-0.1, -0.05) is 12.1 Å². The van der Waals surface area contributed by atoms with Gasteiger partial charge < -0.3 is 15.4 Å². The summed E-state index contributed by atoms with van der Waals surface area (Å²) >= 11 is 0. The minimum atomic E-state index is 0.683. The Morgan fingerprint density at radius 1 is 1.15 bits per heavy atom. The molecule has 0 fully saturated rings. The summed E-state index contributed by atoms with van der Waals surface area (Å²) in [6.45, 7) is 2.41. The van der Waals surface area contributed by atoms with Crippen molar-refractivity contribution >= 4 is 5.69 Å². The highest BCUT2D eigenvalue weighted by Crippen LogP contribution is 2.28. The number of anilines is 1. The number of aromatic nitrogens is 1. The lowest BCUT2D eigenvalue weighted by molar-refractivity contribution is 0.414. The Balaban J connectivity index is 2.22. The van der Waals surface area contributed by atoms with Gasteiger partial charge >= 0.3 is 0 Å². The van der Waals surface area contributed by atoms with Gasteiger partial charge in [-0.3, -0.25) is 4.98 Å². The van der Waals surface area contributed by atoms with Crippen LogP contribution in [0.2, 0.25) is 0 Å². The van der Waals surface area contributed by atoms with Crippen molar-refractivity contribution in [3.05, 3.63) is 54.4 Å². The predicted octanol–water partition coefficient (Wildman–Crippen LogP) is 2.45. The molecule has 0 atom stereocenters. The molecular formula is C16H21N3O. The van der Waals surface area contributed by atoms with E-state index in [2.05, 4.69) is 16.0 Å². The lowest BCUT2D eigenvalue weighted by Crippen LogP contribution is -2.26. The first-order chi connectivity index (χ1) is 9.85. The van der Waals surface area contributed by atoms with Crippen LogP contribution in [0.4, 0.5) is 5.69 Å². The standard InChI is InChI=1S/C16H21N3O/c1-20-16-6-3-2-5-15(16)19(12-4-9-17)13-14-7-10-18-11-8-14/h2-3,5-8,10-11H,4,9,12-13,17H2,1H3. The predicted molar refractivity (Wildman–Crippen MR) is 82.0 cm³/mol. The van der Waals surface area contributed by atoms with Gasteiger partial charge in [0, 0.05) is 25.5 Å². The van der Waals surface area contributed by atoms with Gasteiger partial charge in [-0.15, -0.1) is 0 Å². The summed E-state index contributed by atoms with van der Waals surface area (Å²) < 4.78 is 5.46. The van der Waals surface area contributed by atoms with E-state index < -0.39 is 0 Å². The van der Waals surface area contributed by atoms with Crippen molar-refractivity contribution in [3.63, 3.8) is 0 Å². The van der Waals surface area contributed by atoms with Crippen molar-refractivity contribution in [2.24, 2.45) is 5.73 Å². The van der Waals surface area contributed by atoms with E-state index in [-0.39, 0.29) is 0 Å². The van der Waals surface area contributed by atoms with Crippen LogP contribution < -0.4 is 15.4 Å². The molecule has 0 bridgehead atoms. The lowest BCUT2D eigenvalue weighted by Gasteiger charge is -2.26. The van der Waals surface area contributed by atoms with Crippen molar-refractivity contribution in [2.45, 2.75) is 13.0 Å². The summed E-state index contributed by atoms with van der Waals surface area (Å²) in [7, 11) is 1.70. The Morgan fingerprint density at radius 3 is 2.60 bits per heavy atom. The van der Waals surface area contributed by atoms with Crippen LogP contribution in [-0.4, -0.2) is 25.2 Å². The monoisotopic (exact) mass is 271 g/mol. The molecule has 0 radical (unpaired) electrons. The van der Waals surface area contributed by atoms with E-state index in [0.29, 0.717) is 6.54 Å². The van der Waals surface area contributed by atoms with Gasteiger partial charge in [-0.05, 0) is 42.8 Å². The van der Waals surface area contributed by atoms with Crippen molar-refractivity contribution in [3.8, 4) is 5.75 Å². The Morgan fingerprint density at radius 2 is 1.90 bits per heavy atom. The van der Waals surface area contributed by atoms with Gasteiger partial charge in [0.1, 0.15) is 5.75 Å². The summed E-state index contributed by atoms with van der Waals surface area (Å²) in [5.74, 6) is 0.888. The van der Waals surface area contributed by atoms with Crippen LogP contribution in [0.25, 0.3) is 0 Å². The quantitative estimate of drug-likeness (QED) is 0.840. The van der Waals surface area contributed by atoms with Crippen LogP contribution >= 0.6 is 0 Å². The van der Waals surface area contributed by atoms with E-state index in [1.807, 2.05) is 42.7 Å². The molecule has 2 aromatic rings. The molecule has 2 rings (SSSR count). The Hall–Kier alpha value is -2.07. The number of methoxy groups -OCH3 is 1. The zero-order chi connectivity index (χ0) is 14.2. The van der Waals surface area contributed by atoms with Gasteiger partial charge in [0.2, 0.25) is 0 Å². The van der Waals surface area contributed by atoms with E-state index in [1.165, 1.54) is 5.56 Å². The van der Waals surface area contributed by atoms with Crippen molar-refractivity contribution in [1.29, 1.82) is 0 Å². The van der Waals surface area contributed by atoms with E-state index in [9.17, 15) is 0 Å². The van der Waals surface area contributed by atoms with E-state index >= 15 is 0 Å². The Bertz CT molecular complexity index is 516. The minimum absolute atomic E-state index is 0.683. The minimum Gasteiger partial charge on any atom is -0.495 e. The highest BCUT2D eigenvalue weighted by molar-refractivity contribution is 5.58. The zero-order valence-corrected chi connectivity index (χ0v) is 11.8. The summed E-state index contributed by atoms with van der Waals surface area (Å²) in [6.07, 6.45) is 4.58. The highest BCUT2D eigenvalue weighted by atomic mass is 16.5. The number of nitrogens with two attached hydrogens (primary N) is 1. The first-order valence-electron chi connectivity index (χ1n) is 6.82. The first kappa shape index (κ1) is 14.3. The third-order valence-electron chi connectivity index (χ3n) is 3.18. The molecule has 0 spiro atoms. The second-order valence-electron chi connectivity index (χ2n) is 4.59. The number of hydrogen-bond acceptors (Lipinski definition) is 4. The molecule has 4 nitrogen and oxygen atoms in total. The molecule has 2 N–H and O–H groups in total. The largest absolute Gasteiger partial charge is 0.495 e. The number of hydrogen-bond donors (Lipinski definition) is 1. The fourth-order valence-corrected chi connectivity index (χ4v) is 2.17. The van der Waals surface area contributed by atoms with Gasteiger partial charge in [0.15, 0.2) is 0 Å². The molecule has 0 amide bonds. The number of benzene rings is 1. The van der Waals surface area contributed by atoms with Gasteiger partial charge in [0.05, 0.1) is 12.8 Å². The summed E-state index contributed by atoms with van der Waals surface area (Å²) in [5, 5.41) is 0. The van der Waals surface area contributed by atoms with Gasteiger partial charge in [0.25, 0.3) is 0 Å². The van der Waals surface area contributed by atoms with Gasteiger partial charge in [-0.25, -0.2) is 0 Å². The van der Waals surface area contributed by atoms with Gasteiger partial charge in [-0.2, -0.15) is 0 Å². The molecule has 1 aromatic heterocycles. The smallest absolute Gasteiger partial charge is 0.142 e. The molecule has 0 aliphatic rings.